The van der Waals surface area contributed by atoms with E-state index in [9.17, 15) is 0 Å². The molecule has 2 rings (SSSR count). The van der Waals surface area contributed by atoms with Crippen molar-refractivity contribution in [3.05, 3.63) is 57.5 Å². The van der Waals surface area contributed by atoms with Gasteiger partial charge in [0.2, 0.25) is 0 Å². The van der Waals surface area contributed by atoms with Crippen LogP contribution in [0.15, 0.2) is 46.9 Å². The van der Waals surface area contributed by atoms with Crippen LogP contribution in [-0.2, 0) is 6.54 Å². The number of rotatable bonds is 4. The Hall–Kier alpha value is -1.03. The largest absolute Gasteiger partial charge is 0.455 e. The average molecular weight is 327 g/mol. The zero-order valence-electron chi connectivity index (χ0n) is 9.91. The zero-order valence-corrected chi connectivity index (χ0v) is 12.3. The van der Waals surface area contributed by atoms with Gasteiger partial charge in [-0.2, -0.15) is 0 Å². The second-order valence-electron chi connectivity index (χ2n) is 3.81. The van der Waals surface area contributed by atoms with Crippen molar-refractivity contribution in [1.82, 2.24) is 5.32 Å². The van der Waals surface area contributed by atoms with Gasteiger partial charge in [-0.15, -0.1) is 0 Å². The smallest absolute Gasteiger partial charge is 0.146 e. The molecular weight excluding hydrogens is 314 g/mol. The fourth-order valence-electron chi connectivity index (χ4n) is 1.61. The van der Waals surface area contributed by atoms with E-state index in [1.807, 2.05) is 49.5 Å². The van der Waals surface area contributed by atoms with Crippen LogP contribution in [0.1, 0.15) is 5.56 Å². The van der Waals surface area contributed by atoms with Gasteiger partial charge in [-0.3, -0.25) is 0 Å². The molecular formula is C14H13BrClNO. The molecule has 2 aromatic rings. The van der Waals surface area contributed by atoms with Crippen molar-refractivity contribution >= 4 is 27.5 Å². The van der Waals surface area contributed by atoms with E-state index in [0.29, 0.717) is 10.8 Å². The lowest BCUT2D eigenvalue weighted by atomic mass is 10.2. The first kappa shape index (κ1) is 13.4. The number of hydrogen-bond donors (Lipinski definition) is 1. The number of nitrogens with one attached hydrogen (secondary N) is 1. The Morgan fingerprint density at radius 2 is 1.94 bits per heavy atom. The van der Waals surface area contributed by atoms with Gasteiger partial charge in [0.1, 0.15) is 11.5 Å². The summed E-state index contributed by atoms with van der Waals surface area (Å²) in [6.07, 6.45) is 0. The third kappa shape index (κ3) is 3.25. The molecule has 0 aliphatic heterocycles. The maximum Gasteiger partial charge on any atom is 0.146 e. The molecule has 0 atom stereocenters. The minimum absolute atomic E-state index is 0.605. The molecule has 0 saturated heterocycles. The van der Waals surface area contributed by atoms with E-state index in [4.69, 9.17) is 16.3 Å². The summed E-state index contributed by atoms with van der Waals surface area (Å²) in [5, 5.41) is 3.72. The number of halogens is 2. The van der Waals surface area contributed by atoms with Crippen LogP contribution in [0.3, 0.4) is 0 Å². The Kier molecular flexibility index (Phi) is 4.64. The van der Waals surface area contributed by atoms with Crippen LogP contribution in [0, 0.1) is 0 Å². The van der Waals surface area contributed by atoms with E-state index < -0.39 is 0 Å². The quantitative estimate of drug-likeness (QED) is 0.885. The standard InChI is InChI=1S/C14H13BrClNO/c1-17-9-10-6-7-11(15)8-14(10)18-13-5-3-2-4-12(13)16/h2-8,17H,9H2,1H3. The highest BCUT2D eigenvalue weighted by Gasteiger charge is 2.07. The Bertz CT molecular complexity index is 545. The maximum absolute atomic E-state index is 6.09. The molecule has 4 heteroatoms. The highest BCUT2D eigenvalue weighted by atomic mass is 79.9. The molecule has 0 amide bonds. The SMILES string of the molecule is CNCc1ccc(Br)cc1Oc1ccccc1Cl. The second kappa shape index (κ2) is 6.23. The summed E-state index contributed by atoms with van der Waals surface area (Å²) in [4.78, 5) is 0. The van der Waals surface area contributed by atoms with Gasteiger partial charge in [0.05, 0.1) is 5.02 Å². The number of para-hydroxylation sites is 1. The van der Waals surface area contributed by atoms with Gasteiger partial charge in [-0.05, 0) is 31.3 Å². The normalized spacial score (nSPS) is 10.4. The van der Waals surface area contributed by atoms with Gasteiger partial charge in [-0.1, -0.05) is 45.7 Å². The predicted molar refractivity (Wildman–Crippen MR) is 78.4 cm³/mol. The van der Waals surface area contributed by atoms with Crippen LogP contribution < -0.4 is 10.1 Å². The van der Waals surface area contributed by atoms with Crippen LogP contribution >= 0.6 is 27.5 Å². The van der Waals surface area contributed by atoms with E-state index in [1.54, 1.807) is 0 Å². The van der Waals surface area contributed by atoms with Crippen LogP contribution in [0.2, 0.25) is 5.02 Å². The van der Waals surface area contributed by atoms with E-state index in [1.165, 1.54) is 0 Å². The lowest BCUT2D eigenvalue weighted by Gasteiger charge is -2.12. The van der Waals surface area contributed by atoms with Gasteiger partial charge in [0.25, 0.3) is 0 Å². The monoisotopic (exact) mass is 325 g/mol. The van der Waals surface area contributed by atoms with Gasteiger partial charge >= 0.3 is 0 Å². The van der Waals surface area contributed by atoms with Gasteiger partial charge in [0, 0.05) is 16.6 Å². The minimum Gasteiger partial charge on any atom is -0.455 e. The molecule has 0 radical (unpaired) electrons. The summed E-state index contributed by atoms with van der Waals surface area (Å²) in [6.45, 7) is 0.743. The molecule has 0 heterocycles. The highest BCUT2D eigenvalue weighted by Crippen LogP contribution is 2.32. The molecule has 0 unspecified atom stereocenters. The van der Waals surface area contributed by atoms with Crippen LogP contribution in [0.5, 0.6) is 11.5 Å². The molecule has 18 heavy (non-hydrogen) atoms. The summed E-state index contributed by atoms with van der Waals surface area (Å²) in [6, 6.07) is 13.4. The lowest BCUT2D eigenvalue weighted by Crippen LogP contribution is -2.06. The van der Waals surface area contributed by atoms with Crippen LogP contribution in [0.25, 0.3) is 0 Å². The van der Waals surface area contributed by atoms with Crippen molar-refractivity contribution in [2.45, 2.75) is 6.54 Å². The van der Waals surface area contributed by atoms with Crippen LogP contribution in [0.4, 0.5) is 0 Å². The topological polar surface area (TPSA) is 21.3 Å². The third-order valence-corrected chi connectivity index (χ3v) is 3.26. The predicted octanol–water partition coefficient (Wildman–Crippen LogP) is 4.61. The first-order valence-corrected chi connectivity index (χ1v) is 6.73. The average Bonchev–Trinajstić information content (AvgIpc) is 2.36. The zero-order chi connectivity index (χ0) is 13.0. The second-order valence-corrected chi connectivity index (χ2v) is 5.14. The molecule has 0 aliphatic carbocycles. The molecule has 0 fully saturated rings. The van der Waals surface area contributed by atoms with E-state index in [0.717, 1.165) is 22.3 Å². The third-order valence-electron chi connectivity index (χ3n) is 2.45. The summed E-state index contributed by atoms with van der Waals surface area (Å²) in [7, 11) is 1.90. The van der Waals surface area contributed by atoms with Crippen molar-refractivity contribution < 1.29 is 4.74 Å². The van der Waals surface area contributed by atoms with Crippen molar-refractivity contribution in [1.29, 1.82) is 0 Å². The molecule has 0 saturated carbocycles. The van der Waals surface area contributed by atoms with E-state index in [2.05, 4.69) is 21.2 Å². The molecule has 0 bridgehead atoms. The first-order chi connectivity index (χ1) is 8.70. The summed E-state index contributed by atoms with van der Waals surface area (Å²) >= 11 is 9.54. The van der Waals surface area contributed by atoms with Crippen molar-refractivity contribution in [2.24, 2.45) is 0 Å². The summed E-state index contributed by atoms with van der Waals surface area (Å²) in [5.41, 5.74) is 1.08. The molecule has 94 valence electrons. The van der Waals surface area contributed by atoms with E-state index >= 15 is 0 Å². The Balaban J connectivity index is 2.33. The van der Waals surface area contributed by atoms with Crippen molar-refractivity contribution in [3.8, 4) is 11.5 Å². The van der Waals surface area contributed by atoms with Gasteiger partial charge < -0.3 is 10.1 Å². The molecule has 1 N–H and O–H groups in total. The number of hydrogen-bond acceptors (Lipinski definition) is 2. The van der Waals surface area contributed by atoms with Crippen LogP contribution in [-0.4, -0.2) is 7.05 Å². The highest BCUT2D eigenvalue weighted by molar-refractivity contribution is 9.10. The maximum atomic E-state index is 6.09. The molecule has 0 aliphatic rings. The molecule has 2 aromatic carbocycles. The molecule has 2 nitrogen and oxygen atoms in total. The van der Waals surface area contributed by atoms with E-state index in [-0.39, 0.29) is 0 Å². The summed E-state index contributed by atoms with van der Waals surface area (Å²) in [5.74, 6) is 1.46. The Labute approximate surface area is 120 Å². The van der Waals surface area contributed by atoms with Gasteiger partial charge in [0.15, 0.2) is 0 Å². The fraction of sp³-hybridized carbons (Fsp3) is 0.143. The number of benzene rings is 2. The lowest BCUT2D eigenvalue weighted by molar-refractivity contribution is 0.474. The molecule has 0 aromatic heterocycles. The fourth-order valence-corrected chi connectivity index (χ4v) is 2.12. The Morgan fingerprint density at radius 3 is 2.67 bits per heavy atom. The number of ether oxygens (including phenoxy) is 1. The minimum atomic E-state index is 0.605. The summed E-state index contributed by atoms with van der Waals surface area (Å²) < 4.78 is 6.85. The first-order valence-electron chi connectivity index (χ1n) is 5.56. The van der Waals surface area contributed by atoms with Gasteiger partial charge in [-0.25, -0.2) is 0 Å². The van der Waals surface area contributed by atoms with Crippen molar-refractivity contribution in [3.63, 3.8) is 0 Å². The Morgan fingerprint density at radius 1 is 1.17 bits per heavy atom. The van der Waals surface area contributed by atoms with Crippen molar-refractivity contribution in [2.75, 3.05) is 7.05 Å². The molecule has 0 spiro atoms.